The number of hydrogen-bond donors (Lipinski definition) is 1. The Bertz CT molecular complexity index is 571. The van der Waals surface area contributed by atoms with Gasteiger partial charge in [0.2, 0.25) is 11.1 Å². The fourth-order valence-corrected chi connectivity index (χ4v) is 2.33. The molecule has 1 heterocycles. The smallest absolute Gasteiger partial charge is 0.237 e. The normalized spacial score (nSPS) is 12.2. The van der Waals surface area contributed by atoms with Crippen molar-refractivity contribution in [3.05, 3.63) is 28.7 Å². The monoisotopic (exact) mass is 341 g/mol. The molecule has 1 aromatic heterocycles. The SMILES string of the molecule is C[C@H](Sc1nnnn1C)C(=O)Nc1ccc(Br)cc1. The molecule has 0 aliphatic rings. The lowest BCUT2D eigenvalue weighted by Gasteiger charge is -2.10. The number of halogens is 1. The molecule has 8 heteroatoms. The Morgan fingerprint density at radius 1 is 1.42 bits per heavy atom. The summed E-state index contributed by atoms with van der Waals surface area (Å²) >= 11 is 4.66. The molecule has 1 atom stereocenters. The van der Waals surface area contributed by atoms with Gasteiger partial charge in [0.1, 0.15) is 0 Å². The minimum absolute atomic E-state index is 0.0877. The minimum atomic E-state index is -0.284. The summed E-state index contributed by atoms with van der Waals surface area (Å²) in [6.07, 6.45) is 0. The maximum atomic E-state index is 12.0. The maximum Gasteiger partial charge on any atom is 0.237 e. The summed E-state index contributed by atoms with van der Waals surface area (Å²) in [6, 6.07) is 7.42. The molecule has 1 N–H and O–H groups in total. The Labute approximate surface area is 123 Å². The van der Waals surface area contributed by atoms with Crippen LogP contribution in [0.5, 0.6) is 0 Å². The average Bonchev–Trinajstić information content (AvgIpc) is 2.78. The van der Waals surface area contributed by atoms with Gasteiger partial charge in [0.15, 0.2) is 0 Å². The molecule has 0 aliphatic heterocycles. The van der Waals surface area contributed by atoms with Crippen molar-refractivity contribution in [2.75, 3.05) is 5.32 Å². The Balaban J connectivity index is 1.96. The van der Waals surface area contributed by atoms with Gasteiger partial charge in [-0.3, -0.25) is 4.79 Å². The lowest BCUT2D eigenvalue weighted by Crippen LogP contribution is -2.22. The van der Waals surface area contributed by atoms with E-state index in [0.717, 1.165) is 10.2 Å². The van der Waals surface area contributed by atoms with Gasteiger partial charge in [-0.1, -0.05) is 27.7 Å². The van der Waals surface area contributed by atoms with Gasteiger partial charge in [0, 0.05) is 17.2 Å². The van der Waals surface area contributed by atoms with Crippen LogP contribution in [0.25, 0.3) is 0 Å². The molecule has 1 amide bonds. The highest BCUT2D eigenvalue weighted by atomic mass is 79.9. The molecular formula is C11H12BrN5OS. The molecule has 0 bridgehead atoms. The Hall–Kier alpha value is -1.41. The summed E-state index contributed by atoms with van der Waals surface area (Å²) in [5, 5.41) is 14.3. The quantitative estimate of drug-likeness (QED) is 0.862. The number of carbonyl (C=O) groups is 1. The third-order valence-electron chi connectivity index (χ3n) is 2.34. The van der Waals surface area contributed by atoms with Crippen molar-refractivity contribution in [2.45, 2.75) is 17.3 Å². The van der Waals surface area contributed by atoms with E-state index in [2.05, 4.69) is 36.8 Å². The number of nitrogens with one attached hydrogen (secondary N) is 1. The maximum absolute atomic E-state index is 12.0. The molecule has 0 radical (unpaired) electrons. The molecular weight excluding hydrogens is 330 g/mol. The van der Waals surface area contributed by atoms with E-state index in [-0.39, 0.29) is 11.2 Å². The molecule has 19 heavy (non-hydrogen) atoms. The molecule has 0 aliphatic carbocycles. The number of tetrazole rings is 1. The molecule has 0 saturated heterocycles. The van der Waals surface area contributed by atoms with Gasteiger partial charge in [-0.25, -0.2) is 4.68 Å². The van der Waals surface area contributed by atoms with E-state index in [1.165, 1.54) is 16.4 Å². The number of anilines is 1. The third-order valence-corrected chi connectivity index (χ3v) is 4.00. The van der Waals surface area contributed by atoms with E-state index in [1.807, 2.05) is 31.2 Å². The van der Waals surface area contributed by atoms with Crippen molar-refractivity contribution in [3.8, 4) is 0 Å². The number of thioether (sulfide) groups is 1. The van der Waals surface area contributed by atoms with E-state index in [0.29, 0.717) is 5.16 Å². The highest BCUT2D eigenvalue weighted by Crippen LogP contribution is 2.21. The van der Waals surface area contributed by atoms with Crippen molar-refractivity contribution in [3.63, 3.8) is 0 Å². The van der Waals surface area contributed by atoms with Crippen LogP contribution in [0.3, 0.4) is 0 Å². The lowest BCUT2D eigenvalue weighted by atomic mass is 10.3. The largest absolute Gasteiger partial charge is 0.325 e. The molecule has 2 aromatic rings. The van der Waals surface area contributed by atoms with Crippen LogP contribution in [-0.4, -0.2) is 31.4 Å². The number of rotatable bonds is 4. The molecule has 2 rings (SSSR count). The predicted molar refractivity (Wildman–Crippen MR) is 76.9 cm³/mol. The average molecular weight is 342 g/mol. The zero-order valence-corrected chi connectivity index (χ0v) is 12.8. The Morgan fingerprint density at radius 2 is 2.11 bits per heavy atom. The van der Waals surface area contributed by atoms with Gasteiger partial charge in [-0.05, 0) is 41.6 Å². The van der Waals surface area contributed by atoms with Gasteiger partial charge >= 0.3 is 0 Å². The zero-order valence-electron chi connectivity index (χ0n) is 10.4. The number of hydrogen-bond acceptors (Lipinski definition) is 5. The summed E-state index contributed by atoms with van der Waals surface area (Å²) < 4.78 is 2.51. The second-order valence-electron chi connectivity index (χ2n) is 3.84. The van der Waals surface area contributed by atoms with Crippen molar-refractivity contribution >= 4 is 39.3 Å². The molecule has 6 nitrogen and oxygen atoms in total. The molecule has 100 valence electrons. The first-order valence-corrected chi connectivity index (χ1v) is 7.19. The number of nitrogens with zero attached hydrogens (tertiary/aromatic N) is 4. The summed E-state index contributed by atoms with van der Waals surface area (Å²) in [5.74, 6) is -0.0877. The van der Waals surface area contributed by atoms with Gasteiger partial charge in [-0.2, -0.15) is 0 Å². The standard InChI is InChI=1S/C11H12BrN5OS/c1-7(19-11-14-15-16-17(11)2)10(18)13-9-5-3-8(12)4-6-9/h3-7H,1-2H3,(H,13,18)/t7-/m0/s1. The molecule has 0 fully saturated rings. The van der Waals surface area contributed by atoms with Gasteiger partial charge in [0.25, 0.3) is 0 Å². The second kappa shape index (κ2) is 6.16. The fourth-order valence-electron chi connectivity index (χ4n) is 1.31. The number of benzene rings is 1. The van der Waals surface area contributed by atoms with E-state index in [1.54, 1.807) is 7.05 Å². The van der Waals surface area contributed by atoms with Gasteiger partial charge in [-0.15, -0.1) is 5.10 Å². The van der Waals surface area contributed by atoms with E-state index >= 15 is 0 Å². The number of aryl methyl sites for hydroxylation is 1. The van der Waals surface area contributed by atoms with Crippen molar-refractivity contribution in [1.29, 1.82) is 0 Å². The van der Waals surface area contributed by atoms with Crippen LogP contribution in [0.15, 0.2) is 33.9 Å². The minimum Gasteiger partial charge on any atom is -0.325 e. The summed E-state index contributed by atoms with van der Waals surface area (Å²) in [5.41, 5.74) is 0.761. The molecule has 0 saturated carbocycles. The first-order valence-electron chi connectivity index (χ1n) is 5.51. The van der Waals surface area contributed by atoms with Crippen molar-refractivity contribution < 1.29 is 4.79 Å². The van der Waals surface area contributed by atoms with Crippen LogP contribution in [0.2, 0.25) is 0 Å². The highest BCUT2D eigenvalue weighted by molar-refractivity contribution is 9.10. The Kier molecular flexibility index (Phi) is 4.54. The first-order chi connectivity index (χ1) is 9.06. The fraction of sp³-hybridized carbons (Fsp3) is 0.273. The van der Waals surface area contributed by atoms with E-state index in [9.17, 15) is 4.79 Å². The first kappa shape index (κ1) is 14.0. The van der Waals surface area contributed by atoms with Crippen molar-refractivity contribution in [1.82, 2.24) is 20.2 Å². The lowest BCUT2D eigenvalue weighted by molar-refractivity contribution is -0.115. The van der Waals surface area contributed by atoms with Crippen LogP contribution in [0.1, 0.15) is 6.92 Å². The summed E-state index contributed by atoms with van der Waals surface area (Å²) in [4.78, 5) is 12.0. The topological polar surface area (TPSA) is 72.7 Å². The summed E-state index contributed by atoms with van der Waals surface area (Å²) in [7, 11) is 1.74. The molecule has 0 unspecified atom stereocenters. The number of carbonyl (C=O) groups excluding carboxylic acids is 1. The number of aromatic nitrogens is 4. The van der Waals surface area contributed by atoms with E-state index in [4.69, 9.17) is 0 Å². The van der Waals surface area contributed by atoms with Crippen LogP contribution in [0.4, 0.5) is 5.69 Å². The van der Waals surface area contributed by atoms with Crippen molar-refractivity contribution in [2.24, 2.45) is 7.05 Å². The molecule has 0 spiro atoms. The van der Waals surface area contributed by atoms with Gasteiger partial charge in [0.05, 0.1) is 5.25 Å². The zero-order chi connectivity index (χ0) is 13.8. The van der Waals surface area contributed by atoms with Crippen LogP contribution < -0.4 is 5.32 Å². The Morgan fingerprint density at radius 3 is 2.68 bits per heavy atom. The third kappa shape index (κ3) is 3.77. The van der Waals surface area contributed by atoms with E-state index < -0.39 is 0 Å². The predicted octanol–water partition coefficient (Wildman–Crippen LogP) is 2.09. The highest BCUT2D eigenvalue weighted by Gasteiger charge is 2.17. The van der Waals surface area contributed by atoms with Crippen LogP contribution >= 0.6 is 27.7 Å². The van der Waals surface area contributed by atoms with Gasteiger partial charge < -0.3 is 5.32 Å². The second-order valence-corrected chi connectivity index (χ2v) is 6.06. The number of amides is 1. The molecule has 1 aromatic carbocycles. The van der Waals surface area contributed by atoms with Crippen LogP contribution in [-0.2, 0) is 11.8 Å². The summed E-state index contributed by atoms with van der Waals surface area (Å²) in [6.45, 7) is 1.81. The van der Waals surface area contributed by atoms with Crippen LogP contribution in [0, 0.1) is 0 Å².